The molecule has 0 amide bonds. The van der Waals surface area contributed by atoms with Gasteiger partial charge in [-0.05, 0) is 19.4 Å². The van der Waals surface area contributed by atoms with E-state index in [9.17, 15) is 4.79 Å². The number of rotatable bonds is 4. The molecule has 0 aliphatic rings. The summed E-state index contributed by atoms with van der Waals surface area (Å²) in [6.07, 6.45) is 1.94. The molecule has 0 spiro atoms. The van der Waals surface area contributed by atoms with Crippen molar-refractivity contribution in [1.82, 2.24) is 9.78 Å². The summed E-state index contributed by atoms with van der Waals surface area (Å²) in [7, 11) is 0. The Morgan fingerprint density at radius 2 is 1.95 bits per heavy atom. The molecule has 0 unspecified atom stereocenters. The Hall–Kier alpha value is -2.10. The molecule has 4 heteroatoms. The lowest BCUT2D eigenvalue weighted by molar-refractivity contribution is 0.547. The van der Waals surface area contributed by atoms with Crippen molar-refractivity contribution in [3.8, 4) is 11.3 Å². The minimum absolute atomic E-state index is 0.204. The van der Waals surface area contributed by atoms with Crippen molar-refractivity contribution in [1.29, 1.82) is 0 Å². The fraction of sp³-hybridized carbons (Fsp3) is 0.333. The van der Waals surface area contributed by atoms with Gasteiger partial charge >= 0.3 is 0 Å². The number of hydrogen-bond donors (Lipinski definition) is 1. The van der Waals surface area contributed by atoms with Crippen molar-refractivity contribution in [2.45, 2.75) is 33.2 Å². The molecular weight excluding hydrogens is 238 g/mol. The summed E-state index contributed by atoms with van der Waals surface area (Å²) in [5, 5.41) is 4.39. The first-order valence-electron chi connectivity index (χ1n) is 6.56. The van der Waals surface area contributed by atoms with Crippen molar-refractivity contribution < 1.29 is 0 Å². The maximum absolute atomic E-state index is 11.9. The van der Waals surface area contributed by atoms with E-state index in [4.69, 9.17) is 5.73 Å². The second-order valence-electron chi connectivity index (χ2n) is 4.73. The quantitative estimate of drug-likeness (QED) is 0.915. The Bertz CT molecular complexity index is 614. The van der Waals surface area contributed by atoms with E-state index in [1.54, 1.807) is 6.07 Å². The zero-order valence-electron chi connectivity index (χ0n) is 11.4. The number of aromatic nitrogens is 2. The summed E-state index contributed by atoms with van der Waals surface area (Å²) in [6.45, 7) is 4.73. The van der Waals surface area contributed by atoms with Gasteiger partial charge in [0, 0.05) is 12.1 Å². The van der Waals surface area contributed by atoms with E-state index in [0.29, 0.717) is 6.54 Å². The van der Waals surface area contributed by atoms with Gasteiger partial charge in [0.25, 0.3) is 5.56 Å². The molecule has 0 aliphatic heterocycles. The van der Waals surface area contributed by atoms with E-state index in [1.165, 1.54) is 10.2 Å². The Morgan fingerprint density at radius 1 is 1.26 bits per heavy atom. The number of nitrogens with two attached hydrogens (primary N) is 1. The van der Waals surface area contributed by atoms with Crippen molar-refractivity contribution in [2.75, 3.05) is 5.73 Å². The van der Waals surface area contributed by atoms with Crippen LogP contribution in [0.2, 0.25) is 0 Å². The number of nitrogen functional groups attached to an aromatic ring is 1. The minimum atomic E-state index is -0.204. The molecule has 0 radical (unpaired) electrons. The van der Waals surface area contributed by atoms with Crippen LogP contribution in [0.4, 0.5) is 5.69 Å². The maximum atomic E-state index is 11.9. The third kappa shape index (κ3) is 3.02. The van der Waals surface area contributed by atoms with Gasteiger partial charge in [0.15, 0.2) is 0 Å². The van der Waals surface area contributed by atoms with Gasteiger partial charge in [-0.15, -0.1) is 0 Å². The minimum Gasteiger partial charge on any atom is -0.394 e. The second-order valence-corrected chi connectivity index (χ2v) is 4.73. The van der Waals surface area contributed by atoms with Crippen molar-refractivity contribution in [3.63, 3.8) is 0 Å². The summed E-state index contributed by atoms with van der Waals surface area (Å²) in [6, 6.07) is 9.68. The van der Waals surface area contributed by atoms with Gasteiger partial charge in [-0.2, -0.15) is 5.10 Å². The van der Waals surface area contributed by atoms with Crippen LogP contribution in [0.15, 0.2) is 35.1 Å². The SMILES string of the molecule is CCCCn1nc(-c2ccc(C)cc2)cc(N)c1=O. The van der Waals surface area contributed by atoms with Crippen LogP contribution in [0.3, 0.4) is 0 Å². The zero-order valence-corrected chi connectivity index (χ0v) is 11.4. The molecule has 19 heavy (non-hydrogen) atoms. The highest BCUT2D eigenvalue weighted by Gasteiger charge is 2.07. The van der Waals surface area contributed by atoms with E-state index < -0.39 is 0 Å². The Morgan fingerprint density at radius 3 is 2.58 bits per heavy atom. The van der Waals surface area contributed by atoms with Crippen molar-refractivity contribution >= 4 is 5.69 Å². The van der Waals surface area contributed by atoms with Crippen molar-refractivity contribution in [2.24, 2.45) is 0 Å². The average Bonchev–Trinajstić information content (AvgIpc) is 2.41. The third-order valence-electron chi connectivity index (χ3n) is 3.07. The number of anilines is 1. The van der Waals surface area contributed by atoms with Crippen LogP contribution < -0.4 is 11.3 Å². The molecule has 1 heterocycles. The van der Waals surface area contributed by atoms with E-state index in [2.05, 4.69) is 12.0 Å². The van der Waals surface area contributed by atoms with Gasteiger partial charge in [0.2, 0.25) is 0 Å². The predicted octanol–water partition coefficient (Wildman–Crippen LogP) is 2.60. The number of aryl methyl sites for hydroxylation is 2. The first kappa shape index (κ1) is 13.3. The summed E-state index contributed by atoms with van der Waals surface area (Å²) in [4.78, 5) is 11.9. The van der Waals surface area contributed by atoms with Gasteiger partial charge in [-0.25, -0.2) is 4.68 Å². The molecule has 0 aliphatic carbocycles. The largest absolute Gasteiger partial charge is 0.394 e. The Kier molecular flexibility index (Phi) is 4.00. The molecule has 4 nitrogen and oxygen atoms in total. The van der Waals surface area contributed by atoms with Crippen LogP contribution in [0, 0.1) is 6.92 Å². The smallest absolute Gasteiger partial charge is 0.289 e. The van der Waals surface area contributed by atoms with Crippen LogP contribution in [0.5, 0.6) is 0 Å². The normalized spacial score (nSPS) is 10.6. The van der Waals surface area contributed by atoms with E-state index in [-0.39, 0.29) is 11.2 Å². The highest BCUT2D eigenvalue weighted by molar-refractivity contribution is 5.62. The number of unbranched alkanes of at least 4 members (excludes halogenated alkanes) is 1. The highest BCUT2D eigenvalue weighted by atomic mass is 16.1. The Labute approximate surface area is 112 Å². The molecule has 0 saturated carbocycles. The number of hydrogen-bond acceptors (Lipinski definition) is 3. The van der Waals surface area contributed by atoms with Crippen LogP contribution >= 0.6 is 0 Å². The average molecular weight is 257 g/mol. The van der Waals surface area contributed by atoms with E-state index in [0.717, 1.165) is 24.1 Å². The molecule has 2 N–H and O–H groups in total. The lowest BCUT2D eigenvalue weighted by Gasteiger charge is -2.08. The molecular formula is C15H19N3O. The van der Waals surface area contributed by atoms with E-state index >= 15 is 0 Å². The lowest BCUT2D eigenvalue weighted by atomic mass is 10.1. The van der Waals surface area contributed by atoms with Crippen LogP contribution in [-0.4, -0.2) is 9.78 Å². The molecule has 0 saturated heterocycles. The van der Waals surface area contributed by atoms with Gasteiger partial charge in [-0.1, -0.05) is 43.2 Å². The summed E-state index contributed by atoms with van der Waals surface area (Å²) in [5.41, 5.74) is 8.74. The highest BCUT2D eigenvalue weighted by Crippen LogP contribution is 2.17. The molecule has 2 aromatic rings. The van der Waals surface area contributed by atoms with Gasteiger partial charge in [0.05, 0.1) is 5.69 Å². The second kappa shape index (κ2) is 5.69. The number of nitrogens with zero attached hydrogens (tertiary/aromatic N) is 2. The molecule has 0 bridgehead atoms. The standard InChI is InChI=1S/C15H19N3O/c1-3-4-9-18-15(19)13(16)10-14(17-18)12-7-5-11(2)6-8-12/h5-8,10H,3-4,9,16H2,1-2H3. The molecule has 0 atom stereocenters. The summed E-state index contributed by atoms with van der Waals surface area (Å²) in [5.74, 6) is 0. The monoisotopic (exact) mass is 257 g/mol. The zero-order chi connectivity index (χ0) is 13.8. The third-order valence-corrected chi connectivity index (χ3v) is 3.07. The molecule has 100 valence electrons. The Balaban J connectivity index is 2.44. The van der Waals surface area contributed by atoms with Crippen molar-refractivity contribution in [3.05, 3.63) is 46.2 Å². The van der Waals surface area contributed by atoms with E-state index in [1.807, 2.05) is 31.2 Å². The lowest BCUT2D eigenvalue weighted by Crippen LogP contribution is -2.25. The van der Waals surface area contributed by atoms with Gasteiger partial charge in [0.1, 0.15) is 5.69 Å². The fourth-order valence-electron chi connectivity index (χ4n) is 1.89. The van der Waals surface area contributed by atoms with Crippen LogP contribution in [0.25, 0.3) is 11.3 Å². The topological polar surface area (TPSA) is 60.9 Å². The maximum Gasteiger partial charge on any atom is 0.289 e. The molecule has 1 aromatic heterocycles. The summed E-state index contributed by atoms with van der Waals surface area (Å²) < 4.78 is 1.47. The number of benzene rings is 1. The van der Waals surface area contributed by atoms with Gasteiger partial charge < -0.3 is 5.73 Å². The first-order valence-corrected chi connectivity index (χ1v) is 6.56. The molecule has 2 rings (SSSR count). The van der Waals surface area contributed by atoms with Crippen LogP contribution in [-0.2, 0) is 6.54 Å². The fourth-order valence-corrected chi connectivity index (χ4v) is 1.89. The molecule has 0 fully saturated rings. The molecule has 1 aromatic carbocycles. The van der Waals surface area contributed by atoms with Gasteiger partial charge in [-0.3, -0.25) is 4.79 Å². The van der Waals surface area contributed by atoms with Crippen LogP contribution in [0.1, 0.15) is 25.3 Å². The first-order chi connectivity index (χ1) is 9.11. The summed E-state index contributed by atoms with van der Waals surface area (Å²) >= 11 is 0. The predicted molar refractivity (Wildman–Crippen MR) is 78.0 cm³/mol.